The van der Waals surface area contributed by atoms with Crippen LogP contribution in [0, 0.1) is 11.6 Å². The average Bonchev–Trinajstić information content (AvgIpc) is 3.43. The van der Waals surface area contributed by atoms with Crippen LogP contribution in [0.3, 0.4) is 0 Å². The van der Waals surface area contributed by atoms with E-state index >= 15 is 8.78 Å². The van der Waals surface area contributed by atoms with E-state index in [1.54, 1.807) is 4.90 Å². The summed E-state index contributed by atoms with van der Waals surface area (Å²) < 4.78 is 32.2. The molecule has 0 amide bonds. The molecular formula is C19H22F2N4O3. The molecule has 28 heavy (non-hydrogen) atoms. The quantitative estimate of drug-likeness (QED) is 0.693. The van der Waals surface area contributed by atoms with Gasteiger partial charge in [-0.15, -0.1) is 0 Å². The number of nitrogen functional groups attached to an aromatic ring is 1. The van der Waals surface area contributed by atoms with Crippen LogP contribution in [0.1, 0.15) is 43.1 Å². The van der Waals surface area contributed by atoms with Crippen LogP contribution < -0.4 is 21.4 Å². The van der Waals surface area contributed by atoms with Crippen LogP contribution in [0.15, 0.2) is 11.0 Å². The molecule has 2 fully saturated rings. The van der Waals surface area contributed by atoms with Gasteiger partial charge in [0.25, 0.3) is 0 Å². The zero-order valence-corrected chi connectivity index (χ0v) is 15.6. The van der Waals surface area contributed by atoms with E-state index < -0.39 is 39.7 Å². The third-order valence-corrected chi connectivity index (χ3v) is 5.41. The number of carbonyl (C=O) groups is 1. The number of carboxylic acids is 1. The molecule has 0 spiro atoms. The molecule has 1 saturated heterocycles. The number of anilines is 2. The lowest BCUT2D eigenvalue weighted by Crippen LogP contribution is -2.54. The minimum atomic E-state index is -1.45. The molecule has 7 nitrogen and oxygen atoms in total. The first-order chi connectivity index (χ1) is 13.2. The second-order valence-electron chi connectivity index (χ2n) is 7.80. The molecule has 1 aromatic carbocycles. The number of hydrogen-bond donors (Lipinski definition) is 3. The molecule has 9 heteroatoms. The molecule has 0 bridgehead atoms. The Balaban J connectivity index is 2.05. The Hall–Kier alpha value is -2.68. The monoisotopic (exact) mass is 391 g/mol. The topological polar surface area (TPSA) is 101 Å². The van der Waals surface area contributed by atoms with Crippen molar-refractivity contribution in [2.24, 2.45) is 0 Å². The van der Waals surface area contributed by atoms with Crippen molar-refractivity contribution in [3.05, 3.63) is 33.6 Å². The third-order valence-electron chi connectivity index (χ3n) is 5.41. The van der Waals surface area contributed by atoms with E-state index in [0.29, 0.717) is 13.1 Å². The molecular weight excluding hydrogens is 369 g/mol. The number of nitrogens with two attached hydrogens (primary N) is 1. The average molecular weight is 391 g/mol. The first-order valence-electron chi connectivity index (χ1n) is 9.30. The maximum atomic E-state index is 15.6. The SMILES string of the molecule is C[C@@H]1CN(c2c([18F])c(N)c3c(=O)c(C(=O)O)cn(C4CC4)c3c2F)C[C@H](C)N1. The van der Waals surface area contributed by atoms with Gasteiger partial charge in [0.1, 0.15) is 11.3 Å². The summed E-state index contributed by atoms with van der Waals surface area (Å²) in [5.41, 5.74) is 3.54. The van der Waals surface area contributed by atoms with Crippen LogP contribution in [0.4, 0.5) is 20.2 Å². The minimum absolute atomic E-state index is 0.0134. The van der Waals surface area contributed by atoms with E-state index in [0.717, 1.165) is 19.0 Å². The van der Waals surface area contributed by atoms with E-state index in [1.165, 1.54) is 4.57 Å². The highest BCUT2D eigenvalue weighted by Gasteiger charge is 2.34. The number of rotatable bonds is 3. The van der Waals surface area contributed by atoms with Crippen LogP contribution in [0.25, 0.3) is 10.9 Å². The van der Waals surface area contributed by atoms with Gasteiger partial charge in [-0.2, -0.15) is 0 Å². The van der Waals surface area contributed by atoms with Gasteiger partial charge < -0.3 is 25.6 Å². The Morgan fingerprint density at radius 2 is 1.82 bits per heavy atom. The van der Waals surface area contributed by atoms with E-state index in [9.17, 15) is 14.7 Å². The Kier molecular flexibility index (Phi) is 4.29. The maximum Gasteiger partial charge on any atom is 0.341 e. The van der Waals surface area contributed by atoms with Crippen molar-refractivity contribution in [1.82, 2.24) is 9.88 Å². The van der Waals surface area contributed by atoms with Crippen LogP contribution in [0.5, 0.6) is 0 Å². The first kappa shape index (κ1) is 18.7. The summed E-state index contributed by atoms with van der Waals surface area (Å²) in [6.45, 7) is 4.60. The number of benzene rings is 1. The van der Waals surface area contributed by atoms with Gasteiger partial charge in [0, 0.05) is 37.4 Å². The van der Waals surface area contributed by atoms with E-state index in [-0.39, 0.29) is 29.3 Å². The van der Waals surface area contributed by atoms with Gasteiger partial charge in [-0.1, -0.05) is 0 Å². The molecule has 2 aromatic rings. The summed E-state index contributed by atoms with van der Waals surface area (Å²) in [5.74, 6) is -3.34. The molecule has 1 aliphatic heterocycles. The van der Waals surface area contributed by atoms with Gasteiger partial charge in [-0.3, -0.25) is 4.79 Å². The van der Waals surface area contributed by atoms with Crippen LogP contribution in [0.2, 0.25) is 0 Å². The lowest BCUT2D eigenvalue weighted by atomic mass is 10.0. The molecule has 1 saturated carbocycles. The number of hydrogen-bond acceptors (Lipinski definition) is 5. The van der Waals surface area contributed by atoms with Gasteiger partial charge >= 0.3 is 5.97 Å². The molecule has 1 aromatic heterocycles. The van der Waals surface area contributed by atoms with Crippen molar-refractivity contribution in [2.75, 3.05) is 23.7 Å². The lowest BCUT2D eigenvalue weighted by Gasteiger charge is -2.38. The summed E-state index contributed by atoms with van der Waals surface area (Å²) in [6, 6.07) is -0.103. The number of nitrogens with one attached hydrogen (secondary N) is 1. The normalized spacial score (nSPS) is 22.6. The van der Waals surface area contributed by atoms with E-state index in [1.807, 2.05) is 13.8 Å². The summed E-state index contributed by atoms with van der Waals surface area (Å²) in [4.78, 5) is 25.7. The molecule has 2 atom stereocenters. The Morgan fingerprint density at radius 3 is 2.36 bits per heavy atom. The van der Waals surface area contributed by atoms with E-state index in [2.05, 4.69) is 5.32 Å². The van der Waals surface area contributed by atoms with Crippen molar-refractivity contribution in [3.8, 4) is 0 Å². The second kappa shape index (κ2) is 6.44. The molecule has 0 unspecified atom stereocenters. The largest absolute Gasteiger partial charge is 0.477 e. The smallest absolute Gasteiger partial charge is 0.341 e. The zero-order valence-electron chi connectivity index (χ0n) is 15.6. The maximum absolute atomic E-state index is 15.6. The van der Waals surface area contributed by atoms with Crippen LogP contribution in [-0.4, -0.2) is 40.8 Å². The molecule has 0 radical (unpaired) electrons. The highest BCUT2D eigenvalue weighted by atomic mass is 19.1. The van der Waals surface area contributed by atoms with Gasteiger partial charge in [-0.05, 0) is 26.7 Å². The van der Waals surface area contributed by atoms with Crippen molar-refractivity contribution in [2.45, 2.75) is 44.8 Å². The number of carboxylic acid groups (broad SMARTS) is 1. The third kappa shape index (κ3) is 2.81. The standard InChI is InChI=1S/C19H22F2N4O3/c1-8-5-24(6-9(2)23-8)17-13(20)15(22)12-16(14(17)21)25(10-3-4-10)7-11(18(12)26)19(27)28/h7-10,23H,3-6,22H2,1-2H3,(H,27,28)/t8-,9+/i20-1. The Labute approximate surface area is 159 Å². The molecule has 4 N–H and O–H groups in total. The van der Waals surface area contributed by atoms with Gasteiger partial charge in [0.2, 0.25) is 5.43 Å². The van der Waals surface area contributed by atoms with Crippen molar-refractivity contribution >= 4 is 28.2 Å². The van der Waals surface area contributed by atoms with Crippen LogP contribution in [-0.2, 0) is 0 Å². The fourth-order valence-electron chi connectivity index (χ4n) is 4.13. The predicted molar refractivity (Wildman–Crippen MR) is 102 cm³/mol. The fraction of sp³-hybridized carbons (Fsp3) is 0.474. The van der Waals surface area contributed by atoms with Gasteiger partial charge in [-0.25, -0.2) is 13.6 Å². The molecule has 2 heterocycles. The molecule has 1 aliphatic carbocycles. The zero-order chi connectivity index (χ0) is 20.3. The number of halogens is 2. The summed E-state index contributed by atoms with van der Waals surface area (Å²) in [5, 5.41) is 12.2. The van der Waals surface area contributed by atoms with Crippen LogP contribution >= 0.6 is 0 Å². The minimum Gasteiger partial charge on any atom is -0.477 e. The second-order valence-corrected chi connectivity index (χ2v) is 7.80. The summed E-state index contributed by atoms with van der Waals surface area (Å²) in [7, 11) is 0. The van der Waals surface area contributed by atoms with Crippen molar-refractivity contribution in [1.29, 1.82) is 0 Å². The predicted octanol–water partition coefficient (Wildman–Crippen LogP) is 2.08. The fourth-order valence-corrected chi connectivity index (χ4v) is 4.13. The highest BCUT2D eigenvalue weighted by Crippen LogP contribution is 2.41. The number of aromatic nitrogens is 1. The van der Waals surface area contributed by atoms with Gasteiger partial charge in [0.15, 0.2) is 11.6 Å². The number of pyridine rings is 1. The number of fused-ring (bicyclic) bond motifs is 1. The van der Waals surface area contributed by atoms with Crippen molar-refractivity contribution < 1.29 is 18.7 Å². The number of piperazine rings is 1. The Bertz CT molecular complexity index is 1040. The molecule has 2 aliphatic rings. The number of aromatic carboxylic acids is 1. The molecule has 4 rings (SSSR count). The highest BCUT2D eigenvalue weighted by molar-refractivity contribution is 5.99. The van der Waals surface area contributed by atoms with Gasteiger partial charge in [0.05, 0.1) is 16.6 Å². The number of nitrogens with zero attached hydrogens (tertiary/aromatic N) is 2. The van der Waals surface area contributed by atoms with E-state index in [4.69, 9.17) is 5.73 Å². The Morgan fingerprint density at radius 1 is 1.21 bits per heavy atom. The summed E-state index contributed by atoms with van der Waals surface area (Å²) >= 11 is 0. The first-order valence-corrected chi connectivity index (χ1v) is 9.30. The summed E-state index contributed by atoms with van der Waals surface area (Å²) in [6.07, 6.45) is 2.60. The lowest BCUT2D eigenvalue weighted by molar-refractivity contribution is 0.0695. The molecule has 150 valence electrons. The van der Waals surface area contributed by atoms with Crippen molar-refractivity contribution in [3.63, 3.8) is 0 Å².